The SMILES string of the molecule is C[C@@]1(F)C[C@@H](C(=O)NCc2cc(Cl)nc(-c3cnc(C(F)(F)F)nc3)c2)N(S(=O)(=O)c2ccc(F)cc2)C1. The molecular weight excluding hydrogens is 557 g/mol. The maximum absolute atomic E-state index is 14.9. The lowest BCUT2D eigenvalue weighted by atomic mass is 10.0. The summed E-state index contributed by atoms with van der Waals surface area (Å²) in [6.07, 6.45) is -3.28. The number of pyridine rings is 1. The van der Waals surface area contributed by atoms with Crippen molar-refractivity contribution in [3.8, 4) is 11.3 Å². The quantitative estimate of drug-likeness (QED) is 0.350. The van der Waals surface area contributed by atoms with Crippen LogP contribution in [0.5, 0.6) is 0 Å². The number of amides is 1. The third-order valence-corrected chi connectivity index (χ3v) is 7.76. The second-order valence-electron chi connectivity index (χ2n) is 8.83. The number of alkyl halides is 4. The van der Waals surface area contributed by atoms with Crippen molar-refractivity contribution in [3.63, 3.8) is 0 Å². The molecule has 15 heteroatoms. The minimum atomic E-state index is -4.72. The number of halogens is 6. The predicted octanol–water partition coefficient (Wildman–Crippen LogP) is 4.16. The van der Waals surface area contributed by atoms with E-state index >= 15 is 0 Å². The highest BCUT2D eigenvalue weighted by molar-refractivity contribution is 7.89. The maximum Gasteiger partial charge on any atom is 0.451 e. The van der Waals surface area contributed by atoms with Crippen LogP contribution in [0.25, 0.3) is 11.3 Å². The lowest BCUT2D eigenvalue weighted by Crippen LogP contribution is -2.45. The van der Waals surface area contributed by atoms with Crippen LogP contribution < -0.4 is 5.32 Å². The summed E-state index contributed by atoms with van der Waals surface area (Å²) in [5, 5.41) is 2.50. The van der Waals surface area contributed by atoms with Gasteiger partial charge in [0.2, 0.25) is 21.8 Å². The molecule has 0 radical (unpaired) electrons. The van der Waals surface area contributed by atoms with E-state index in [2.05, 4.69) is 20.3 Å². The van der Waals surface area contributed by atoms with Gasteiger partial charge in [0, 0.05) is 37.5 Å². The van der Waals surface area contributed by atoms with Crippen LogP contribution in [0.15, 0.2) is 53.7 Å². The van der Waals surface area contributed by atoms with Gasteiger partial charge in [-0.05, 0) is 48.9 Å². The summed E-state index contributed by atoms with van der Waals surface area (Å²) < 4.78 is 93.3. The molecule has 0 saturated carbocycles. The van der Waals surface area contributed by atoms with E-state index in [0.717, 1.165) is 41.0 Å². The number of benzene rings is 1. The van der Waals surface area contributed by atoms with Crippen molar-refractivity contribution in [1.82, 2.24) is 24.6 Å². The Morgan fingerprint density at radius 2 is 1.82 bits per heavy atom. The summed E-state index contributed by atoms with van der Waals surface area (Å²) in [7, 11) is -4.33. The van der Waals surface area contributed by atoms with Gasteiger partial charge in [-0.2, -0.15) is 17.5 Å². The van der Waals surface area contributed by atoms with E-state index in [1.165, 1.54) is 19.1 Å². The minimum absolute atomic E-state index is 0.0376. The molecule has 8 nitrogen and oxygen atoms in total. The van der Waals surface area contributed by atoms with Crippen LogP contribution in [0, 0.1) is 5.82 Å². The highest BCUT2D eigenvalue weighted by Gasteiger charge is 2.49. The smallest absolute Gasteiger partial charge is 0.351 e. The molecule has 0 spiro atoms. The first-order chi connectivity index (χ1) is 17.7. The molecule has 0 bridgehead atoms. The number of nitrogens with one attached hydrogen (secondary N) is 1. The van der Waals surface area contributed by atoms with E-state index in [1.54, 1.807) is 0 Å². The Labute approximate surface area is 218 Å². The first-order valence-corrected chi connectivity index (χ1v) is 12.8. The van der Waals surface area contributed by atoms with Gasteiger partial charge in [-0.15, -0.1) is 0 Å². The van der Waals surface area contributed by atoms with E-state index in [-0.39, 0.29) is 27.9 Å². The lowest BCUT2D eigenvalue weighted by molar-refractivity contribution is -0.145. The highest BCUT2D eigenvalue weighted by atomic mass is 35.5. The molecule has 4 rings (SSSR count). The average Bonchev–Trinajstić information content (AvgIpc) is 3.18. The summed E-state index contributed by atoms with van der Waals surface area (Å²) in [4.78, 5) is 23.3. The van der Waals surface area contributed by atoms with E-state index < -0.39 is 58.4 Å². The van der Waals surface area contributed by atoms with Crippen molar-refractivity contribution >= 4 is 27.5 Å². The predicted molar refractivity (Wildman–Crippen MR) is 125 cm³/mol. The largest absolute Gasteiger partial charge is 0.451 e. The topological polar surface area (TPSA) is 105 Å². The van der Waals surface area contributed by atoms with Gasteiger partial charge in [0.1, 0.15) is 22.7 Å². The van der Waals surface area contributed by atoms with Crippen LogP contribution >= 0.6 is 11.6 Å². The molecule has 2 aromatic heterocycles. The van der Waals surface area contributed by atoms with Gasteiger partial charge in [-0.3, -0.25) is 4.79 Å². The number of rotatable bonds is 6. The van der Waals surface area contributed by atoms with E-state index in [1.807, 2.05) is 0 Å². The molecule has 3 aromatic rings. The standard InChI is InChI=1S/C23H19ClF5N5O3S/c1-22(26)8-18(34(12-22)38(36,37)16-4-2-15(25)3-5-16)20(35)30-9-13-6-17(33-19(24)7-13)14-10-31-21(32-11-14)23(27,28)29/h2-7,10-11,18H,8-9,12H2,1H3,(H,30,35)/t18-,22+/m0/s1. The molecule has 1 aromatic carbocycles. The summed E-state index contributed by atoms with van der Waals surface area (Å²) in [5.41, 5.74) is -1.35. The van der Waals surface area contributed by atoms with Gasteiger partial charge in [-0.25, -0.2) is 32.2 Å². The Morgan fingerprint density at radius 1 is 1.18 bits per heavy atom. The maximum atomic E-state index is 14.9. The van der Waals surface area contributed by atoms with Crippen LogP contribution in [-0.4, -0.2) is 51.8 Å². The van der Waals surface area contributed by atoms with Gasteiger partial charge in [-0.1, -0.05) is 11.6 Å². The van der Waals surface area contributed by atoms with E-state index in [0.29, 0.717) is 5.56 Å². The number of hydrogen-bond donors (Lipinski definition) is 1. The van der Waals surface area contributed by atoms with E-state index in [4.69, 9.17) is 11.6 Å². The number of aromatic nitrogens is 3. The number of sulfonamides is 1. The molecule has 1 N–H and O–H groups in total. The summed E-state index contributed by atoms with van der Waals surface area (Å²) in [5.74, 6) is -2.77. The third-order valence-electron chi connectivity index (χ3n) is 5.70. The summed E-state index contributed by atoms with van der Waals surface area (Å²) in [6, 6.07) is 5.37. The normalized spacial score (nSPS) is 20.4. The van der Waals surface area contributed by atoms with Gasteiger partial charge in [0.25, 0.3) is 0 Å². The monoisotopic (exact) mass is 575 g/mol. The molecule has 0 unspecified atom stereocenters. The number of carbonyl (C=O) groups is 1. The Bertz CT molecular complexity index is 1450. The van der Waals surface area contributed by atoms with Gasteiger partial charge in [0.05, 0.1) is 10.6 Å². The molecule has 38 heavy (non-hydrogen) atoms. The Morgan fingerprint density at radius 3 is 2.42 bits per heavy atom. The molecular formula is C23H19ClF5N5O3S. The zero-order valence-electron chi connectivity index (χ0n) is 19.5. The average molecular weight is 576 g/mol. The fourth-order valence-electron chi connectivity index (χ4n) is 3.94. The fraction of sp³-hybridized carbons (Fsp3) is 0.304. The zero-order chi connectivity index (χ0) is 27.9. The van der Waals surface area contributed by atoms with Crippen molar-refractivity contribution in [3.05, 3.63) is 71.2 Å². The Kier molecular flexibility index (Phi) is 7.43. The van der Waals surface area contributed by atoms with Crippen molar-refractivity contribution in [2.75, 3.05) is 6.54 Å². The van der Waals surface area contributed by atoms with Crippen molar-refractivity contribution in [2.24, 2.45) is 0 Å². The first-order valence-electron chi connectivity index (χ1n) is 11.0. The van der Waals surface area contributed by atoms with Gasteiger partial charge < -0.3 is 5.32 Å². The molecule has 1 fully saturated rings. The molecule has 3 heterocycles. The van der Waals surface area contributed by atoms with Crippen molar-refractivity contribution < 1.29 is 35.2 Å². The molecule has 1 saturated heterocycles. The molecule has 1 amide bonds. The van der Waals surface area contributed by atoms with Gasteiger partial charge in [0.15, 0.2) is 0 Å². The number of hydrogen-bond acceptors (Lipinski definition) is 6. The van der Waals surface area contributed by atoms with Gasteiger partial charge >= 0.3 is 6.18 Å². The minimum Gasteiger partial charge on any atom is -0.351 e. The summed E-state index contributed by atoms with van der Waals surface area (Å²) in [6.45, 7) is 0.415. The van der Waals surface area contributed by atoms with Crippen LogP contribution in [0.2, 0.25) is 5.15 Å². The lowest BCUT2D eigenvalue weighted by Gasteiger charge is -2.23. The molecule has 1 aliphatic heterocycles. The first kappa shape index (κ1) is 27.8. The zero-order valence-corrected chi connectivity index (χ0v) is 21.1. The number of carbonyl (C=O) groups excluding carboxylic acids is 1. The van der Waals surface area contributed by atoms with Crippen LogP contribution in [-0.2, 0) is 27.5 Å². The fourth-order valence-corrected chi connectivity index (χ4v) is 5.86. The van der Waals surface area contributed by atoms with Crippen LogP contribution in [0.1, 0.15) is 24.7 Å². The molecule has 0 aliphatic carbocycles. The molecule has 2 atom stereocenters. The van der Waals surface area contributed by atoms with Crippen LogP contribution in [0.4, 0.5) is 22.0 Å². The molecule has 202 valence electrons. The number of nitrogens with zero attached hydrogens (tertiary/aromatic N) is 4. The van der Waals surface area contributed by atoms with Crippen molar-refractivity contribution in [1.29, 1.82) is 0 Å². The molecule has 1 aliphatic rings. The van der Waals surface area contributed by atoms with E-state index in [9.17, 15) is 35.2 Å². The Hall–Kier alpha value is -3.23. The second-order valence-corrected chi connectivity index (χ2v) is 11.1. The second kappa shape index (κ2) is 10.2. The van der Waals surface area contributed by atoms with Crippen LogP contribution in [0.3, 0.4) is 0 Å². The summed E-state index contributed by atoms with van der Waals surface area (Å²) >= 11 is 6.04. The van der Waals surface area contributed by atoms with Crippen molar-refractivity contribution in [2.45, 2.75) is 42.7 Å². The Balaban J connectivity index is 1.52. The highest BCUT2D eigenvalue weighted by Crippen LogP contribution is 2.35. The third kappa shape index (κ3) is 6.08.